The lowest BCUT2D eigenvalue weighted by Crippen LogP contribution is -2.09. The first-order valence-electron chi connectivity index (χ1n) is 5.68. The number of nitrogens with one attached hydrogen (secondary N) is 1. The molecule has 0 saturated heterocycles. The second-order valence-corrected chi connectivity index (χ2v) is 4.06. The van der Waals surface area contributed by atoms with Crippen LogP contribution in [0.5, 0.6) is 0 Å². The molecule has 0 saturated carbocycles. The van der Waals surface area contributed by atoms with Crippen LogP contribution in [0.1, 0.15) is 15.9 Å². The van der Waals surface area contributed by atoms with Gasteiger partial charge in [-0.1, -0.05) is 6.07 Å². The number of para-hydroxylation sites is 1. The summed E-state index contributed by atoms with van der Waals surface area (Å²) in [5.74, 6) is -3.38. The first kappa shape index (κ1) is 13.9. The Morgan fingerprint density at radius 3 is 2.55 bits per heavy atom. The zero-order valence-corrected chi connectivity index (χ0v) is 10.2. The van der Waals surface area contributed by atoms with Crippen molar-refractivity contribution in [3.05, 3.63) is 65.0 Å². The van der Waals surface area contributed by atoms with E-state index in [1.54, 1.807) is 0 Å². The molecule has 0 unspecified atom stereocenters. The van der Waals surface area contributed by atoms with E-state index < -0.39 is 23.4 Å². The first-order chi connectivity index (χ1) is 9.49. The molecule has 0 spiro atoms. The van der Waals surface area contributed by atoms with Gasteiger partial charge in [-0.05, 0) is 30.3 Å². The lowest BCUT2D eigenvalue weighted by molar-refractivity contribution is 0.0697. The number of rotatable bonds is 4. The van der Waals surface area contributed by atoms with E-state index in [9.17, 15) is 18.0 Å². The summed E-state index contributed by atoms with van der Waals surface area (Å²) in [6, 6.07) is 6.43. The SMILES string of the molecule is O=C(O)c1cccc(F)c1NCc1cc(F)ccc1F. The van der Waals surface area contributed by atoms with Gasteiger partial charge in [-0.3, -0.25) is 0 Å². The first-order valence-corrected chi connectivity index (χ1v) is 5.68. The van der Waals surface area contributed by atoms with Crippen LogP contribution in [-0.2, 0) is 6.54 Å². The summed E-state index contributed by atoms with van der Waals surface area (Å²) in [5.41, 5.74) is -0.560. The maximum absolute atomic E-state index is 13.6. The lowest BCUT2D eigenvalue weighted by atomic mass is 10.1. The molecule has 0 bridgehead atoms. The molecule has 2 rings (SSSR count). The fourth-order valence-corrected chi connectivity index (χ4v) is 1.74. The normalized spacial score (nSPS) is 10.3. The van der Waals surface area contributed by atoms with Crippen molar-refractivity contribution < 1.29 is 23.1 Å². The van der Waals surface area contributed by atoms with Crippen LogP contribution < -0.4 is 5.32 Å². The smallest absolute Gasteiger partial charge is 0.337 e. The van der Waals surface area contributed by atoms with Crippen LogP contribution in [0, 0.1) is 17.5 Å². The summed E-state index contributed by atoms with van der Waals surface area (Å²) in [7, 11) is 0. The standard InChI is InChI=1S/C14H10F3NO2/c15-9-4-5-11(16)8(6-9)7-18-13-10(14(19)20)2-1-3-12(13)17/h1-6,18H,7H2,(H,19,20). The van der Waals surface area contributed by atoms with Crippen molar-refractivity contribution in [2.24, 2.45) is 0 Å². The van der Waals surface area contributed by atoms with E-state index in [2.05, 4.69) is 5.32 Å². The molecule has 0 amide bonds. The number of carboxylic acid groups (broad SMARTS) is 1. The van der Waals surface area contributed by atoms with Crippen LogP contribution >= 0.6 is 0 Å². The Labute approximate surface area is 112 Å². The van der Waals surface area contributed by atoms with Crippen LogP contribution in [0.4, 0.5) is 18.9 Å². The second kappa shape index (κ2) is 5.64. The molecule has 20 heavy (non-hydrogen) atoms. The van der Waals surface area contributed by atoms with Crippen molar-refractivity contribution in [3.63, 3.8) is 0 Å². The summed E-state index contributed by atoms with van der Waals surface area (Å²) >= 11 is 0. The Morgan fingerprint density at radius 2 is 1.85 bits per heavy atom. The van der Waals surface area contributed by atoms with E-state index in [1.165, 1.54) is 12.1 Å². The average molecular weight is 281 g/mol. The van der Waals surface area contributed by atoms with Gasteiger partial charge >= 0.3 is 5.97 Å². The molecule has 2 N–H and O–H groups in total. The molecule has 6 heteroatoms. The predicted molar refractivity (Wildman–Crippen MR) is 67.0 cm³/mol. The molecule has 3 nitrogen and oxygen atoms in total. The van der Waals surface area contributed by atoms with Gasteiger partial charge < -0.3 is 10.4 Å². The number of carboxylic acids is 1. The van der Waals surface area contributed by atoms with Gasteiger partial charge in [-0.2, -0.15) is 0 Å². The third-order valence-electron chi connectivity index (χ3n) is 2.71. The molecular weight excluding hydrogens is 271 g/mol. The Kier molecular flexibility index (Phi) is 3.93. The van der Waals surface area contributed by atoms with Crippen molar-refractivity contribution in [1.82, 2.24) is 0 Å². The number of halogens is 3. The van der Waals surface area contributed by atoms with Gasteiger partial charge in [0.2, 0.25) is 0 Å². The van der Waals surface area contributed by atoms with Crippen molar-refractivity contribution in [3.8, 4) is 0 Å². The number of carbonyl (C=O) groups is 1. The van der Waals surface area contributed by atoms with E-state index in [0.717, 1.165) is 24.3 Å². The summed E-state index contributed by atoms with van der Waals surface area (Å²) in [6.45, 7) is -0.231. The maximum Gasteiger partial charge on any atom is 0.337 e. The van der Waals surface area contributed by atoms with Crippen molar-refractivity contribution >= 4 is 11.7 Å². The van der Waals surface area contributed by atoms with Crippen molar-refractivity contribution in [1.29, 1.82) is 0 Å². The van der Waals surface area contributed by atoms with Crippen LogP contribution in [0.25, 0.3) is 0 Å². The fraction of sp³-hybridized carbons (Fsp3) is 0.0714. The van der Waals surface area contributed by atoms with Gasteiger partial charge in [0.25, 0.3) is 0 Å². The average Bonchev–Trinajstić information content (AvgIpc) is 2.40. The largest absolute Gasteiger partial charge is 0.478 e. The van der Waals surface area contributed by atoms with Crippen LogP contribution in [0.3, 0.4) is 0 Å². The Hall–Kier alpha value is -2.50. The number of hydrogen-bond acceptors (Lipinski definition) is 2. The highest BCUT2D eigenvalue weighted by Gasteiger charge is 2.14. The molecule has 0 aliphatic heterocycles. The second-order valence-electron chi connectivity index (χ2n) is 4.06. The molecule has 0 aromatic heterocycles. The van der Waals surface area contributed by atoms with Gasteiger partial charge in [0.05, 0.1) is 11.3 Å². The molecule has 0 aliphatic rings. The van der Waals surface area contributed by atoms with Gasteiger partial charge in [0.1, 0.15) is 17.5 Å². The van der Waals surface area contributed by atoms with Crippen LogP contribution in [0.15, 0.2) is 36.4 Å². The van der Waals surface area contributed by atoms with Gasteiger partial charge in [-0.25, -0.2) is 18.0 Å². The maximum atomic E-state index is 13.6. The van der Waals surface area contributed by atoms with E-state index in [0.29, 0.717) is 0 Å². The molecule has 2 aromatic carbocycles. The molecule has 104 valence electrons. The minimum absolute atomic E-state index is 0.0235. The van der Waals surface area contributed by atoms with Gasteiger partial charge in [0.15, 0.2) is 0 Å². The van der Waals surface area contributed by atoms with E-state index in [4.69, 9.17) is 5.11 Å². The Balaban J connectivity index is 2.27. The highest BCUT2D eigenvalue weighted by Crippen LogP contribution is 2.21. The van der Waals surface area contributed by atoms with Crippen LogP contribution in [-0.4, -0.2) is 11.1 Å². The number of anilines is 1. The highest BCUT2D eigenvalue weighted by atomic mass is 19.1. The number of aromatic carboxylic acids is 1. The minimum atomic E-state index is -1.31. The van der Waals surface area contributed by atoms with Gasteiger partial charge in [-0.15, -0.1) is 0 Å². The van der Waals surface area contributed by atoms with E-state index >= 15 is 0 Å². The van der Waals surface area contributed by atoms with Crippen LogP contribution in [0.2, 0.25) is 0 Å². The summed E-state index contributed by atoms with van der Waals surface area (Å²) in [4.78, 5) is 11.0. The molecular formula is C14H10F3NO2. The molecule has 2 aromatic rings. The van der Waals surface area contributed by atoms with E-state index in [-0.39, 0.29) is 23.4 Å². The minimum Gasteiger partial charge on any atom is -0.478 e. The quantitative estimate of drug-likeness (QED) is 0.902. The number of hydrogen-bond donors (Lipinski definition) is 2. The predicted octanol–water partition coefficient (Wildman–Crippen LogP) is 3.41. The number of benzene rings is 2. The molecule has 0 radical (unpaired) electrons. The summed E-state index contributed by atoms with van der Waals surface area (Å²) in [6.07, 6.45) is 0. The lowest BCUT2D eigenvalue weighted by Gasteiger charge is -2.11. The van der Waals surface area contributed by atoms with Crippen molar-refractivity contribution in [2.45, 2.75) is 6.54 Å². The summed E-state index contributed by atoms with van der Waals surface area (Å²) < 4.78 is 40.0. The van der Waals surface area contributed by atoms with E-state index in [1.807, 2.05) is 0 Å². The monoisotopic (exact) mass is 281 g/mol. The molecule has 0 aliphatic carbocycles. The third kappa shape index (κ3) is 2.90. The zero-order chi connectivity index (χ0) is 14.7. The molecule has 0 atom stereocenters. The van der Waals surface area contributed by atoms with Crippen molar-refractivity contribution in [2.75, 3.05) is 5.32 Å². The molecule has 0 heterocycles. The highest BCUT2D eigenvalue weighted by molar-refractivity contribution is 5.94. The molecule has 0 fully saturated rings. The summed E-state index contributed by atoms with van der Waals surface area (Å²) in [5, 5.41) is 11.4. The topological polar surface area (TPSA) is 49.3 Å². The Morgan fingerprint density at radius 1 is 1.10 bits per heavy atom. The van der Waals surface area contributed by atoms with Gasteiger partial charge in [0, 0.05) is 12.1 Å². The third-order valence-corrected chi connectivity index (χ3v) is 2.71. The zero-order valence-electron chi connectivity index (χ0n) is 10.2. The Bertz CT molecular complexity index is 659. The fourth-order valence-electron chi connectivity index (χ4n) is 1.74.